The standard InChI is InChI=1S/C21H20F3N5O/c1-13-19(20(30)26-18-6-5-16-11-25-8-7-15(16)10-18)27-28-29(13)12-14-3-2-4-17(9-14)21(22,23)24/h2-6,9-10,25H,7-8,11-12H2,1H3,(H,26,30). The Balaban J connectivity index is 1.50. The van der Waals surface area contributed by atoms with Crippen LogP contribution in [0.5, 0.6) is 0 Å². The van der Waals surface area contributed by atoms with E-state index in [9.17, 15) is 18.0 Å². The fourth-order valence-electron chi connectivity index (χ4n) is 3.48. The second kappa shape index (κ2) is 7.91. The minimum absolute atomic E-state index is 0.0852. The van der Waals surface area contributed by atoms with E-state index >= 15 is 0 Å². The summed E-state index contributed by atoms with van der Waals surface area (Å²) in [5, 5.41) is 14.0. The highest BCUT2D eigenvalue weighted by atomic mass is 19.4. The summed E-state index contributed by atoms with van der Waals surface area (Å²) >= 11 is 0. The third-order valence-corrected chi connectivity index (χ3v) is 5.13. The van der Waals surface area contributed by atoms with E-state index in [1.54, 1.807) is 13.0 Å². The minimum atomic E-state index is -4.41. The highest BCUT2D eigenvalue weighted by molar-refractivity contribution is 6.03. The Hall–Kier alpha value is -3.20. The van der Waals surface area contributed by atoms with Gasteiger partial charge in [0.25, 0.3) is 5.91 Å². The van der Waals surface area contributed by atoms with Crippen LogP contribution in [-0.2, 0) is 25.7 Å². The van der Waals surface area contributed by atoms with Gasteiger partial charge in [-0.15, -0.1) is 5.10 Å². The molecule has 0 atom stereocenters. The molecule has 0 saturated heterocycles. The van der Waals surface area contributed by atoms with Crippen molar-refractivity contribution in [1.29, 1.82) is 0 Å². The van der Waals surface area contributed by atoms with Crippen LogP contribution in [0.4, 0.5) is 18.9 Å². The number of hydrogen-bond donors (Lipinski definition) is 2. The molecule has 0 spiro atoms. The summed E-state index contributed by atoms with van der Waals surface area (Å²) in [5.41, 5.74) is 3.39. The predicted molar refractivity (Wildman–Crippen MR) is 105 cm³/mol. The monoisotopic (exact) mass is 415 g/mol. The summed E-state index contributed by atoms with van der Waals surface area (Å²) in [7, 11) is 0. The van der Waals surface area contributed by atoms with Crippen LogP contribution in [0.15, 0.2) is 42.5 Å². The van der Waals surface area contributed by atoms with Gasteiger partial charge in [0, 0.05) is 12.2 Å². The van der Waals surface area contributed by atoms with Crippen molar-refractivity contribution in [1.82, 2.24) is 20.3 Å². The van der Waals surface area contributed by atoms with Gasteiger partial charge in [0.2, 0.25) is 0 Å². The number of anilines is 1. The topological polar surface area (TPSA) is 71.8 Å². The molecule has 3 aromatic rings. The van der Waals surface area contributed by atoms with Gasteiger partial charge in [0.1, 0.15) is 0 Å². The first-order valence-electron chi connectivity index (χ1n) is 9.51. The largest absolute Gasteiger partial charge is 0.416 e. The molecule has 1 aliphatic heterocycles. The number of nitrogens with one attached hydrogen (secondary N) is 2. The van der Waals surface area contributed by atoms with Gasteiger partial charge in [-0.05, 0) is 60.8 Å². The Morgan fingerprint density at radius 2 is 2.03 bits per heavy atom. The fraction of sp³-hybridized carbons (Fsp3) is 0.286. The molecular formula is C21H20F3N5O. The number of benzene rings is 2. The number of halogens is 3. The summed E-state index contributed by atoms with van der Waals surface area (Å²) < 4.78 is 40.2. The fourth-order valence-corrected chi connectivity index (χ4v) is 3.48. The molecule has 2 N–H and O–H groups in total. The van der Waals surface area contributed by atoms with Crippen molar-refractivity contribution >= 4 is 11.6 Å². The first-order valence-corrected chi connectivity index (χ1v) is 9.51. The number of hydrogen-bond acceptors (Lipinski definition) is 4. The molecule has 1 amide bonds. The first-order chi connectivity index (χ1) is 14.3. The number of carbonyl (C=O) groups excluding carboxylic acids is 1. The molecule has 1 aromatic heterocycles. The van der Waals surface area contributed by atoms with E-state index in [-0.39, 0.29) is 12.2 Å². The van der Waals surface area contributed by atoms with Crippen LogP contribution in [-0.4, -0.2) is 27.4 Å². The number of aromatic nitrogens is 3. The zero-order valence-corrected chi connectivity index (χ0v) is 16.3. The molecule has 0 aliphatic carbocycles. The Kier molecular flexibility index (Phi) is 5.29. The molecule has 9 heteroatoms. The van der Waals surface area contributed by atoms with Gasteiger partial charge in [0.15, 0.2) is 5.69 Å². The lowest BCUT2D eigenvalue weighted by Crippen LogP contribution is -2.23. The average Bonchev–Trinajstić information content (AvgIpc) is 3.08. The lowest BCUT2D eigenvalue weighted by atomic mass is 10.0. The summed E-state index contributed by atoms with van der Waals surface area (Å²) in [6.45, 7) is 3.46. The van der Waals surface area contributed by atoms with Crippen molar-refractivity contribution < 1.29 is 18.0 Å². The number of alkyl halides is 3. The van der Waals surface area contributed by atoms with Crippen LogP contribution in [0, 0.1) is 6.92 Å². The molecule has 6 nitrogen and oxygen atoms in total. The minimum Gasteiger partial charge on any atom is -0.321 e. The van der Waals surface area contributed by atoms with Crippen molar-refractivity contribution in [3.8, 4) is 0 Å². The van der Waals surface area contributed by atoms with Crippen molar-refractivity contribution in [2.45, 2.75) is 32.6 Å². The highest BCUT2D eigenvalue weighted by Crippen LogP contribution is 2.29. The Morgan fingerprint density at radius 3 is 2.83 bits per heavy atom. The van der Waals surface area contributed by atoms with Crippen LogP contribution in [0.1, 0.15) is 38.4 Å². The normalized spacial score (nSPS) is 13.7. The summed E-state index contributed by atoms with van der Waals surface area (Å²) in [4.78, 5) is 12.7. The van der Waals surface area contributed by atoms with Gasteiger partial charge in [-0.3, -0.25) is 4.79 Å². The number of carbonyl (C=O) groups is 1. The van der Waals surface area contributed by atoms with Crippen LogP contribution >= 0.6 is 0 Å². The van der Waals surface area contributed by atoms with Gasteiger partial charge >= 0.3 is 6.18 Å². The highest BCUT2D eigenvalue weighted by Gasteiger charge is 2.30. The second-order valence-corrected chi connectivity index (χ2v) is 7.24. The number of fused-ring (bicyclic) bond motifs is 1. The molecule has 156 valence electrons. The first kappa shape index (κ1) is 20.1. The number of rotatable bonds is 4. The van der Waals surface area contributed by atoms with E-state index in [0.29, 0.717) is 16.9 Å². The van der Waals surface area contributed by atoms with Crippen molar-refractivity contribution in [3.63, 3.8) is 0 Å². The molecule has 0 fully saturated rings. The maximum absolute atomic E-state index is 12.9. The SMILES string of the molecule is Cc1c(C(=O)Nc2ccc3c(c2)CCNC3)nnn1Cc1cccc(C(F)(F)F)c1. The zero-order valence-electron chi connectivity index (χ0n) is 16.3. The van der Waals surface area contributed by atoms with Crippen molar-refractivity contribution in [2.24, 2.45) is 0 Å². The predicted octanol–water partition coefficient (Wildman–Crippen LogP) is 3.55. The van der Waals surface area contributed by atoms with Gasteiger partial charge in [0.05, 0.1) is 17.8 Å². The van der Waals surface area contributed by atoms with Gasteiger partial charge in [-0.25, -0.2) is 4.68 Å². The molecule has 0 saturated carbocycles. The Morgan fingerprint density at radius 1 is 1.20 bits per heavy atom. The average molecular weight is 415 g/mol. The molecule has 30 heavy (non-hydrogen) atoms. The van der Waals surface area contributed by atoms with E-state index in [1.165, 1.54) is 21.9 Å². The Labute approximate surface area is 171 Å². The molecular weight excluding hydrogens is 395 g/mol. The molecule has 0 unspecified atom stereocenters. The van der Waals surface area contributed by atoms with Crippen molar-refractivity contribution in [3.05, 3.63) is 76.1 Å². The van der Waals surface area contributed by atoms with Gasteiger partial charge < -0.3 is 10.6 Å². The van der Waals surface area contributed by atoms with Crippen molar-refractivity contribution in [2.75, 3.05) is 11.9 Å². The molecule has 4 rings (SSSR count). The molecule has 2 aromatic carbocycles. The maximum Gasteiger partial charge on any atom is 0.416 e. The lowest BCUT2D eigenvalue weighted by Gasteiger charge is -2.18. The Bertz CT molecular complexity index is 1090. The second-order valence-electron chi connectivity index (χ2n) is 7.24. The van der Waals surface area contributed by atoms with Crippen LogP contribution < -0.4 is 10.6 Å². The van der Waals surface area contributed by atoms with Crippen LogP contribution in [0.3, 0.4) is 0 Å². The van der Waals surface area contributed by atoms with E-state index in [1.807, 2.05) is 18.2 Å². The summed E-state index contributed by atoms with van der Waals surface area (Å²) in [6.07, 6.45) is -3.52. The molecule has 2 heterocycles. The smallest absolute Gasteiger partial charge is 0.321 e. The van der Waals surface area contributed by atoms with E-state index < -0.39 is 17.6 Å². The lowest BCUT2D eigenvalue weighted by molar-refractivity contribution is -0.137. The van der Waals surface area contributed by atoms with E-state index in [4.69, 9.17) is 0 Å². The summed E-state index contributed by atoms with van der Waals surface area (Å²) in [6, 6.07) is 10.8. The number of amides is 1. The molecule has 0 radical (unpaired) electrons. The van der Waals surface area contributed by atoms with Gasteiger partial charge in [-0.2, -0.15) is 13.2 Å². The third kappa shape index (κ3) is 4.20. The zero-order chi connectivity index (χ0) is 21.3. The van der Waals surface area contributed by atoms with Crippen LogP contribution in [0.25, 0.3) is 0 Å². The quantitative estimate of drug-likeness (QED) is 0.684. The van der Waals surface area contributed by atoms with Crippen LogP contribution in [0.2, 0.25) is 0 Å². The van der Waals surface area contributed by atoms with E-state index in [0.717, 1.165) is 31.6 Å². The number of nitrogens with zero attached hydrogens (tertiary/aromatic N) is 3. The third-order valence-electron chi connectivity index (χ3n) is 5.13. The summed E-state index contributed by atoms with van der Waals surface area (Å²) in [5.74, 6) is -0.406. The van der Waals surface area contributed by atoms with E-state index in [2.05, 4.69) is 20.9 Å². The molecule has 1 aliphatic rings. The molecule has 0 bridgehead atoms. The van der Waals surface area contributed by atoms with Gasteiger partial charge in [-0.1, -0.05) is 23.4 Å². The maximum atomic E-state index is 12.9.